The van der Waals surface area contributed by atoms with Crippen LogP contribution in [0.5, 0.6) is 0 Å². The van der Waals surface area contributed by atoms with Crippen LogP contribution in [0.15, 0.2) is 24.3 Å². The third-order valence-corrected chi connectivity index (χ3v) is 2.48. The molecule has 1 rings (SSSR count). The number of halogens is 3. The zero-order chi connectivity index (χ0) is 16.8. The SMILES string of the molecule is N#Cc1ccc(C(=O)N(CCCN)OC(=O)C(F)(F)F)cc1. The lowest BCUT2D eigenvalue weighted by Crippen LogP contribution is -2.39. The summed E-state index contributed by atoms with van der Waals surface area (Å²) in [6.45, 7) is -0.183. The lowest BCUT2D eigenvalue weighted by molar-refractivity contribution is -0.228. The molecule has 9 heteroatoms. The van der Waals surface area contributed by atoms with Gasteiger partial charge in [0.15, 0.2) is 0 Å². The Balaban J connectivity index is 2.92. The van der Waals surface area contributed by atoms with Gasteiger partial charge in [-0.1, -0.05) is 0 Å². The highest BCUT2D eigenvalue weighted by atomic mass is 19.4. The molecule has 0 aliphatic carbocycles. The van der Waals surface area contributed by atoms with E-state index in [1.165, 1.54) is 24.3 Å². The molecule has 118 valence electrons. The van der Waals surface area contributed by atoms with Crippen LogP contribution in [0.25, 0.3) is 0 Å². The first-order valence-electron chi connectivity index (χ1n) is 6.10. The summed E-state index contributed by atoms with van der Waals surface area (Å²) in [5.74, 6) is -3.43. The summed E-state index contributed by atoms with van der Waals surface area (Å²) in [5.41, 5.74) is 5.49. The second-order valence-corrected chi connectivity index (χ2v) is 4.12. The van der Waals surface area contributed by atoms with E-state index < -0.39 is 18.1 Å². The van der Waals surface area contributed by atoms with Gasteiger partial charge in [-0.25, -0.2) is 4.79 Å². The van der Waals surface area contributed by atoms with Crippen LogP contribution in [0.4, 0.5) is 13.2 Å². The van der Waals surface area contributed by atoms with Crippen LogP contribution in [-0.4, -0.2) is 36.2 Å². The van der Waals surface area contributed by atoms with Crippen molar-refractivity contribution in [1.29, 1.82) is 5.26 Å². The topological polar surface area (TPSA) is 96.4 Å². The van der Waals surface area contributed by atoms with Crippen LogP contribution in [0, 0.1) is 11.3 Å². The minimum Gasteiger partial charge on any atom is -0.330 e. The van der Waals surface area contributed by atoms with Crippen LogP contribution < -0.4 is 5.73 Å². The molecular formula is C13H12F3N3O3. The van der Waals surface area contributed by atoms with Gasteiger partial charge >= 0.3 is 12.1 Å². The number of nitriles is 1. The fraction of sp³-hybridized carbons (Fsp3) is 0.308. The van der Waals surface area contributed by atoms with Crippen molar-refractivity contribution in [1.82, 2.24) is 5.06 Å². The lowest BCUT2D eigenvalue weighted by atomic mass is 10.1. The summed E-state index contributed by atoms with van der Waals surface area (Å²) in [6, 6.07) is 6.97. The molecule has 22 heavy (non-hydrogen) atoms. The van der Waals surface area contributed by atoms with Crippen molar-refractivity contribution in [2.24, 2.45) is 5.73 Å². The summed E-state index contributed by atoms with van der Waals surface area (Å²) >= 11 is 0. The Morgan fingerprint density at radius 2 is 1.86 bits per heavy atom. The van der Waals surface area contributed by atoms with Gasteiger partial charge in [0, 0.05) is 5.56 Å². The Bertz CT molecular complexity index is 579. The number of benzene rings is 1. The fourth-order valence-electron chi connectivity index (χ4n) is 1.41. The van der Waals surface area contributed by atoms with Gasteiger partial charge in [0.1, 0.15) is 0 Å². The molecule has 1 amide bonds. The van der Waals surface area contributed by atoms with E-state index >= 15 is 0 Å². The fourth-order valence-corrected chi connectivity index (χ4v) is 1.41. The quantitative estimate of drug-likeness (QED) is 0.847. The third kappa shape index (κ3) is 4.75. The van der Waals surface area contributed by atoms with Gasteiger partial charge in [-0.15, -0.1) is 0 Å². The zero-order valence-electron chi connectivity index (χ0n) is 11.3. The molecule has 0 heterocycles. The summed E-state index contributed by atoms with van der Waals surface area (Å²) in [7, 11) is 0. The maximum absolute atomic E-state index is 12.2. The number of amides is 1. The highest BCUT2D eigenvalue weighted by molar-refractivity contribution is 5.94. The summed E-state index contributed by atoms with van der Waals surface area (Å²) in [5, 5.41) is 8.96. The van der Waals surface area contributed by atoms with Gasteiger partial charge in [0.05, 0.1) is 18.2 Å². The number of nitrogens with zero attached hydrogens (tertiary/aromatic N) is 2. The Morgan fingerprint density at radius 1 is 1.27 bits per heavy atom. The van der Waals surface area contributed by atoms with Crippen LogP contribution in [-0.2, 0) is 9.63 Å². The van der Waals surface area contributed by atoms with E-state index in [0.717, 1.165) is 0 Å². The number of hydroxylamine groups is 2. The van der Waals surface area contributed by atoms with Crippen molar-refractivity contribution in [3.8, 4) is 6.07 Å². The molecule has 0 aliphatic heterocycles. The summed E-state index contributed by atoms with van der Waals surface area (Å²) < 4.78 is 36.7. The number of nitrogens with two attached hydrogens (primary N) is 1. The highest BCUT2D eigenvalue weighted by Gasteiger charge is 2.43. The molecule has 0 saturated heterocycles. The van der Waals surface area contributed by atoms with E-state index in [1.807, 2.05) is 6.07 Å². The van der Waals surface area contributed by atoms with Crippen LogP contribution >= 0.6 is 0 Å². The molecular weight excluding hydrogens is 303 g/mol. The molecule has 0 bridgehead atoms. The maximum Gasteiger partial charge on any atom is 0.493 e. The highest BCUT2D eigenvalue weighted by Crippen LogP contribution is 2.18. The Morgan fingerprint density at radius 3 is 2.32 bits per heavy atom. The number of hydrogen-bond donors (Lipinski definition) is 1. The van der Waals surface area contributed by atoms with Gasteiger partial charge in [0.25, 0.3) is 5.91 Å². The molecule has 0 aromatic heterocycles. The molecule has 1 aromatic rings. The van der Waals surface area contributed by atoms with E-state index in [9.17, 15) is 22.8 Å². The average Bonchev–Trinajstić information content (AvgIpc) is 2.49. The molecule has 0 spiro atoms. The minimum absolute atomic E-state index is 0.0222. The third-order valence-electron chi connectivity index (χ3n) is 2.48. The predicted molar refractivity (Wildman–Crippen MR) is 68.0 cm³/mol. The monoisotopic (exact) mass is 315 g/mol. The molecule has 0 saturated carbocycles. The molecule has 0 unspecified atom stereocenters. The maximum atomic E-state index is 12.2. The van der Waals surface area contributed by atoms with E-state index in [4.69, 9.17) is 11.0 Å². The van der Waals surface area contributed by atoms with Gasteiger partial charge in [-0.3, -0.25) is 4.79 Å². The first-order chi connectivity index (χ1) is 10.3. The molecule has 0 fully saturated rings. The van der Waals surface area contributed by atoms with Crippen LogP contribution in [0.2, 0.25) is 0 Å². The van der Waals surface area contributed by atoms with E-state index in [0.29, 0.717) is 5.06 Å². The Labute approximate surface area is 123 Å². The summed E-state index contributed by atoms with van der Waals surface area (Å²) in [4.78, 5) is 27.0. The first kappa shape index (κ1) is 17.5. The van der Waals surface area contributed by atoms with Crippen molar-refractivity contribution < 1.29 is 27.6 Å². The summed E-state index contributed by atoms with van der Waals surface area (Å²) in [6.07, 6.45) is -5.07. The standard InChI is InChI=1S/C13H12F3N3O3/c14-13(15,16)12(21)22-19(7-1-6-17)11(20)10-4-2-9(8-18)3-5-10/h2-5H,1,6-7,17H2. The second-order valence-electron chi connectivity index (χ2n) is 4.12. The van der Waals surface area contributed by atoms with Crippen molar-refractivity contribution in [2.75, 3.05) is 13.1 Å². The van der Waals surface area contributed by atoms with E-state index in [1.54, 1.807) is 0 Å². The molecule has 6 nitrogen and oxygen atoms in total. The Kier molecular flexibility index (Phi) is 5.89. The van der Waals surface area contributed by atoms with Crippen molar-refractivity contribution in [3.63, 3.8) is 0 Å². The average molecular weight is 315 g/mol. The number of hydrogen-bond acceptors (Lipinski definition) is 5. The predicted octanol–water partition coefficient (Wildman–Crippen LogP) is 1.37. The Hall–Kier alpha value is -2.60. The van der Waals surface area contributed by atoms with E-state index in [2.05, 4.69) is 4.84 Å². The van der Waals surface area contributed by atoms with Gasteiger partial charge < -0.3 is 10.6 Å². The zero-order valence-corrected chi connectivity index (χ0v) is 11.3. The van der Waals surface area contributed by atoms with Gasteiger partial charge in [-0.05, 0) is 37.2 Å². The van der Waals surface area contributed by atoms with Crippen molar-refractivity contribution >= 4 is 11.9 Å². The molecule has 1 aromatic carbocycles. The number of alkyl halides is 3. The number of carbonyl (C=O) groups is 2. The van der Waals surface area contributed by atoms with Gasteiger partial charge in [0.2, 0.25) is 0 Å². The molecule has 0 atom stereocenters. The van der Waals surface area contributed by atoms with Crippen molar-refractivity contribution in [3.05, 3.63) is 35.4 Å². The van der Waals surface area contributed by atoms with Gasteiger partial charge in [-0.2, -0.15) is 23.5 Å². The molecule has 2 N–H and O–H groups in total. The smallest absolute Gasteiger partial charge is 0.330 e. The largest absolute Gasteiger partial charge is 0.493 e. The minimum atomic E-state index is -5.22. The number of rotatable bonds is 4. The number of carbonyl (C=O) groups excluding carboxylic acids is 2. The normalized spacial score (nSPS) is 10.7. The lowest BCUT2D eigenvalue weighted by Gasteiger charge is -2.21. The second kappa shape index (κ2) is 7.42. The van der Waals surface area contributed by atoms with E-state index in [-0.39, 0.29) is 30.6 Å². The van der Waals surface area contributed by atoms with Crippen LogP contribution in [0.3, 0.4) is 0 Å². The molecule has 0 aliphatic rings. The first-order valence-corrected chi connectivity index (χ1v) is 6.10. The van der Waals surface area contributed by atoms with Crippen molar-refractivity contribution in [2.45, 2.75) is 12.6 Å². The molecule has 0 radical (unpaired) electrons. The van der Waals surface area contributed by atoms with Crippen LogP contribution in [0.1, 0.15) is 22.3 Å².